The van der Waals surface area contributed by atoms with E-state index in [4.69, 9.17) is 21.1 Å². The van der Waals surface area contributed by atoms with E-state index in [0.29, 0.717) is 22.8 Å². The van der Waals surface area contributed by atoms with Gasteiger partial charge >= 0.3 is 0 Å². The molecular formula is C12H15ClO3. The van der Waals surface area contributed by atoms with Crippen LogP contribution >= 0.6 is 11.6 Å². The van der Waals surface area contributed by atoms with Crippen molar-refractivity contribution in [1.29, 1.82) is 0 Å². The Morgan fingerprint density at radius 2 is 2.12 bits per heavy atom. The van der Waals surface area contributed by atoms with Gasteiger partial charge in [-0.2, -0.15) is 0 Å². The minimum absolute atomic E-state index is 0.0179. The van der Waals surface area contributed by atoms with Crippen LogP contribution in [-0.4, -0.2) is 26.1 Å². The third-order valence-electron chi connectivity index (χ3n) is 2.35. The molecule has 0 aliphatic heterocycles. The smallest absolute Gasteiger partial charge is 0.165 e. The lowest BCUT2D eigenvalue weighted by molar-refractivity contribution is 0.0791. The molecule has 0 heterocycles. The predicted molar refractivity (Wildman–Crippen MR) is 63.4 cm³/mol. The minimum atomic E-state index is -0.0887. The van der Waals surface area contributed by atoms with Crippen LogP contribution in [0.5, 0.6) is 5.75 Å². The van der Waals surface area contributed by atoms with Gasteiger partial charge < -0.3 is 9.47 Å². The van der Waals surface area contributed by atoms with Gasteiger partial charge in [0, 0.05) is 19.1 Å². The van der Waals surface area contributed by atoms with E-state index in [0.717, 1.165) is 0 Å². The SMILES string of the molecule is COc1cc(C(=O)CC(C)OC)ccc1Cl. The Hall–Kier alpha value is -1.06. The number of hydrogen-bond acceptors (Lipinski definition) is 3. The van der Waals surface area contributed by atoms with Crippen LogP contribution in [0.25, 0.3) is 0 Å². The van der Waals surface area contributed by atoms with Gasteiger partial charge in [-0.15, -0.1) is 0 Å². The van der Waals surface area contributed by atoms with E-state index in [2.05, 4.69) is 0 Å². The molecule has 0 bridgehead atoms. The number of Topliss-reactive ketones (excluding diaryl/α,β-unsaturated/α-hetero) is 1. The molecule has 0 amide bonds. The highest BCUT2D eigenvalue weighted by molar-refractivity contribution is 6.32. The summed E-state index contributed by atoms with van der Waals surface area (Å²) >= 11 is 5.87. The molecule has 0 N–H and O–H groups in total. The molecule has 1 unspecified atom stereocenters. The molecule has 3 nitrogen and oxygen atoms in total. The summed E-state index contributed by atoms with van der Waals surface area (Å²) in [5, 5.41) is 0.499. The highest BCUT2D eigenvalue weighted by atomic mass is 35.5. The zero-order valence-corrected chi connectivity index (χ0v) is 10.4. The maximum atomic E-state index is 11.8. The maximum absolute atomic E-state index is 11.8. The zero-order chi connectivity index (χ0) is 12.1. The van der Waals surface area contributed by atoms with Crippen molar-refractivity contribution >= 4 is 17.4 Å². The van der Waals surface area contributed by atoms with Crippen molar-refractivity contribution in [2.24, 2.45) is 0 Å². The van der Waals surface area contributed by atoms with Crippen molar-refractivity contribution in [3.63, 3.8) is 0 Å². The molecule has 0 radical (unpaired) electrons. The van der Waals surface area contributed by atoms with Gasteiger partial charge in [-0.25, -0.2) is 0 Å². The normalized spacial score (nSPS) is 12.2. The van der Waals surface area contributed by atoms with Gasteiger partial charge in [-0.1, -0.05) is 11.6 Å². The van der Waals surface area contributed by atoms with Crippen LogP contribution in [0, 0.1) is 0 Å². The summed E-state index contributed by atoms with van der Waals surface area (Å²) in [5.74, 6) is 0.530. The van der Waals surface area contributed by atoms with E-state index in [-0.39, 0.29) is 11.9 Å². The monoisotopic (exact) mass is 242 g/mol. The molecule has 0 saturated carbocycles. The zero-order valence-electron chi connectivity index (χ0n) is 9.62. The number of rotatable bonds is 5. The van der Waals surface area contributed by atoms with Gasteiger partial charge in [0.25, 0.3) is 0 Å². The predicted octanol–water partition coefficient (Wildman–Crippen LogP) is 2.96. The number of methoxy groups -OCH3 is 2. The quantitative estimate of drug-likeness (QED) is 0.745. The van der Waals surface area contributed by atoms with E-state index in [1.807, 2.05) is 6.92 Å². The number of ether oxygens (including phenoxy) is 2. The fraction of sp³-hybridized carbons (Fsp3) is 0.417. The lowest BCUT2D eigenvalue weighted by atomic mass is 10.1. The van der Waals surface area contributed by atoms with Gasteiger partial charge in [0.05, 0.1) is 18.2 Å². The summed E-state index contributed by atoms with van der Waals surface area (Å²) in [5.41, 5.74) is 0.588. The molecule has 1 atom stereocenters. The summed E-state index contributed by atoms with van der Waals surface area (Å²) in [6.45, 7) is 1.85. The van der Waals surface area contributed by atoms with Crippen LogP contribution in [0.2, 0.25) is 5.02 Å². The van der Waals surface area contributed by atoms with Gasteiger partial charge in [-0.05, 0) is 25.1 Å². The summed E-state index contributed by atoms with van der Waals surface area (Å²) in [6, 6.07) is 4.99. The van der Waals surface area contributed by atoms with E-state index < -0.39 is 0 Å². The molecule has 0 fully saturated rings. The number of hydrogen-bond donors (Lipinski definition) is 0. The maximum Gasteiger partial charge on any atom is 0.165 e. The first-order valence-corrected chi connectivity index (χ1v) is 5.35. The summed E-state index contributed by atoms with van der Waals surface area (Å²) in [6.07, 6.45) is 0.260. The molecule has 16 heavy (non-hydrogen) atoms. The summed E-state index contributed by atoms with van der Waals surface area (Å²) in [7, 11) is 3.10. The van der Waals surface area contributed by atoms with Gasteiger partial charge in [0.2, 0.25) is 0 Å². The lowest BCUT2D eigenvalue weighted by Crippen LogP contribution is -2.12. The number of ketones is 1. The molecule has 4 heteroatoms. The average molecular weight is 243 g/mol. The Bertz CT molecular complexity index is 377. The molecule has 1 aromatic carbocycles. The fourth-order valence-corrected chi connectivity index (χ4v) is 1.49. The lowest BCUT2D eigenvalue weighted by Gasteiger charge is -2.09. The number of halogens is 1. The second-order valence-electron chi connectivity index (χ2n) is 3.52. The standard InChI is InChI=1S/C12H15ClO3/c1-8(15-2)6-11(14)9-4-5-10(13)12(7-9)16-3/h4-5,7-8H,6H2,1-3H3. The van der Waals surface area contributed by atoms with E-state index in [9.17, 15) is 4.79 Å². The molecule has 88 valence electrons. The first kappa shape index (κ1) is 13.0. The Morgan fingerprint density at radius 3 is 2.69 bits per heavy atom. The highest BCUT2D eigenvalue weighted by Crippen LogP contribution is 2.25. The topological polar surface area (TPSA) is 35.5 Å². The molecule has 0 aliphatic carbocycles. The van der Waals surface area contributed by atoms with Gasteiger partial charge in [0.15, 0.2) is 5.78 Å². The second kappa shape index (κ2) is 5.87. The number of carbonyl (C=O) groups is 1. The molecule has 0 aromatic heterocycles. The van der Waals surface area contributed by atoms with Crippen LogP contribution in [0.3, 0.4) is 0 Å². The largest absolute Gasteiger partial charge is 0.495 e. The van der Waals surface area contributed by atoms with Crippen LogP contribution in [0.1, 0.15) is 23.7 Å². The van der Waals surface area contributed by atoms with Crippen LogP contribution < -0.4 is 4.74 Å². The molecule has 1 rings (SSSR count). The van der Waals surface area contributed by atoms with E-state index in [1.165, 1.54) is 7.11 Å². The number of carbonyl (C=O) groups excluding carboxylic acids is 1. The fourth-order valence-electron chi connectivity index (χ4n) is 1.30. The summed E-state index contributed by atoms with van der Waals surface area (Å²) in [4.78, 5) is 11.8. The number of benzene rings is 1. The van der Waals surface area contributed by atoms with Crippen molar-refractivity contribution in [3.8, 4) is 5.75 Å². The van der Waals surface area contributed by atoms with Crippen molar-refractivity contribution < 1.29 is 14.3 Å². The minimum Gasteiger partial charge on any atom is -0.495 e. The molecule has 0 aliphatic rings. The van der Waals surface area contributed by atoms with Crippen LogP contribution in [0.15, 0.2) is 18.2 Å². The molecule has 0 spiro atoms. The van der Waals surface area contributed by atoms with E-state index in [1.54, 1.807) is 25.3 Å². The molecule has 0 saturated heterocycles. The van der Waals surface area contributed by atoms with Crippen molar-refractivity contribution in [2.75, 3.05) is 14.2 Å². The second-order valence-corrected chi connectivity index (χ2v) is 3.93. The van der Waals surface area contributed by atoms with Crippen molar-refractivity contribution in [3.05, 3.63) is 28.8 Å². The Morgan fingerprint density at radius 1 is 1.44 bits per heavy atom. The molecular weight excluding hydrogens is 228 g/mol. The molecule has 1 aromatic rings. The van der Waals surface area contributed by atoms with Crippen molar-refractivity contribution in [2.45, 2.75) is 19.4 Å². The van der Waals surface area contributed by atoms with Gasteiger partial charge in [-0.3, -0.25) is 4.79 Å². The first-order valence-electron chi connectivity index (χ1n) is 4.98. The average Bonchev–Trinajstić information content (AvgIpc) is 2.29. The third kappa shape index (κ3) is 3.22. The third-order valence-corrected chi connectivity index (χ3v) is 2.66. The summed E-state index contributed by atoms with van der Waals surface area (Å²) < 4.78 is 10.1. The van der Waals surface area contributed by atoms with Gasteiger partial charge in [0.1, 0.15) is 5.75 Å². The van der Waals surface area contributed by atoms with Crippen molar-refractivity contribution in [1.82, 2.24) is 0 Å². The highest BCUT2D eigenvalue weighted by Gasteiger charge is 2.12. The Balaban J connectivity index is 2.84. The van der Waals surface area contributed by atoms with Crippen LogP contribution in [0.4, 0.5) is 0 Å². The Kier molecular flexibility index (Phi) is 4.77. The van der Waals surface area contributed by atoms with Crippen LogP contribution in [-0.2, 0) is 4.74 Å². The van der Waals surface area contributed by atoms with E-state index >= 15 is 0 Å². The first-order chi connectivity index (χ1) is 7.58. The Labute approximate surface area is 100 Å².